The van der Waals surface area contributed by atoms with Gasteiger partial charge in [-0.1, -0.05) is 16.8 Å². The highest BCUT2D eigenvalue weighted by Crippen LogP contribution is 2.30. The number of benzene rings is 1. The van der Waals surface area contributed by atoms with Crippen molar-refractivity contribution >= 4 is 11.6 Å². The van der Waals surface area contributed by atoms with Crippen LogP contribution in [0.1, 0.15) is 0 Å². The van der Waals surface area contributed by atoms with Gasteiger partial charge in [-0.2, -0.15) is 0 Å². The first-order chi connectivity index (χ1) is 6.27. The van der Waals surface area contributed by atoms with Crippen molar-refractivity contribution in [1.82, 2.24) is 5.16 Å². The average molecular weight is 196 g/mol. The minimum Gasteiger partial charge on any atom is -0.507 e. The SMILES string of the molecule is Oc1cc(Cl)ccc1-c1ccno1. The molecule has 0 saturated carbocycles. The molecule has 0 amide bonds. The minimum atomic E-state index is 0.0873. The molecule has 0 unspecified atom stereocenters. The van der Waals surface area contributed by atoms with Crippen LogP contribution in [0.5, 0.6) is 5.75 Å². The maximum atomic E-state index is 9.49. The number of halogens is 1. The Morgan fingerprint density at radius 1 is 1.31 bits per heavy atom. The molecule has 0 saturated heterocycles. The Kier molecular flexibility index (Phi) is 1.94. The van der Waals surface area contributed by atoms with Crippen molar-refractivity contribution < 1.29 is 9.63 Å². The maximum Gasteiger partial charge on any atom is 0.170 e. The summed E-state index contributed by atoms with van der Waals surface area (Å²) in [6, 6.07) is 6.49. The van der Waals surface area contributed by atoms with Gasteiger partial charge >= 0.3 is 0 Å². The zero-order valence-electron chi connectivity index (χ0n) is 6.57. The Hall–Kier alpha value is -1.48. The van der Waals surface area contributed by atoms with Crippen molar-refractivity contribution in [3.8, 4) is 17.1 Å². The van der Waals surface area contributed by atoms with Gasteiger partial charge in [-0.05, 0) is 18.2 Å². The van der Waals surface area contributed by atoms with Gasteiger partial charge in [0.1, 0.15) is 5.75 Å². The van der Waals surface area contributed by atoms with Crippen LogP contribution < -0.4 is 0 Å². The fourth-order valence-corrected chi connectivity index (χ4v) is 1.23. The second-order valence-corrected chi connectivity index (χ2v) is 2.97. The Labute approximate surface area is 79.6 Å². The smallest absolute Gasteiger partial charge is 0.170 e. The highest BCUT2D eigenvalue weighted by molar-refractivity contribution is 6.30. The number of hydrogen-bond acceptors (Lipinski definition) is 3. The summed E-state index contributed by atoms with van der Waals surface area (Å²) in [4.78, 5) is 0. The molecule has 3 nitrogen and oxygen atoms in total. The van der Waals surface area contributed by atoms with Crippen LogP contribution in [0.15, 0.2) is 35.0 Å². The zero-order valence-corrected chi connectivity index (χ0v) is 7.32. The minimum absolute atomic E-state index is 0.0873. The molecule has 1 heterocycles. The van der Waals surface area contributed by atoms with E-state index in [2.05, 4.69) is 5.16 Å². The molecular weight excluding hydrogens is 190 g/mol. The van der Waals surface area contributed by atoms with Gasteiger partial charge in [0.2, 0.25) is 0 Å². The fraction of sp³-hybridized carbons (Fsp3) is 0. The highest BCUT2D eigenvalue weighted by atomic mass is 35.5. The molecule has 1 aromatic carbocycles. The molecule has 0 radical (unpaired) electrons. The standard InChI is InChI=1S/C9H6ClNO2/c10-6-1-2-7(8(12)5-6)9-3-4-11-13-9/h1-5,12H. The number of nitrogens with zero attached hydrogens (tertiary/aromatic N) is 1. The van der Waals surface area contributed by atoms with Crippen molar-refractivity contribution in [3.05, 3.63) is 35.5 Å². The van der Waals surface area contributed by atoms with Crippen LogP contribution in [0.3, 0.4) is 0 Å². The van der Waals surface area contributed by atoms with E-state index >= 15 is 0 Å². The molecule has 0 aliphatic heterocycles. The molecule has 4 heteroatoms. The average Bonchev–Trinajstić information content (AvgIpc) is 2.56. The molecule has 0 fully saturated rings. The number of aromatic hydroxyl groups is 1. The Morgan fingerprint density at radius 2 is 2.15 bits per heavy atom. The maximum absolute atomic E-state index is 9.49. The highest BCUT2D eigenvalue weighted by Gasteiger charge is 2.07. The third kappa shape index (κ3) is 1.51. The predicted molar refractivity (Wildman–Crippen MR) is 48.6 cm³/mol. The van der Waals surface area contributed by atoms with E-state index in [0.717, 1.165) is 0 Å². The summed E-state index contributed by atoms with van der Waals surface area (Å²) in [6.07, 6.45) is 1.52. The first-order valence-electron chi connectivity index (χ1n) is 3.67. The van der Waals surface area contributed by atoms with Crippen LogP contribution >= 0.6 is 11.6 Å². The number of hydrogen-bond donors (Lipinski definition) is 1. The molecule has 0 spiro atoms. The Balaban J connectivity index is 2.53. The van der Waals surface area contributed by atoms with Crippen LogP contribution in [-0.4, -0.2) is 10.3 Å². The van der Waals surface area contributed by atoms with Gasteiger partial charge in [-0.15, -0.1) is 0 Å². The Morgan fingerprint density at radius 3 is 2.77 bits per heavy atom. The first-order valence-corrected chi connectivity index (χ1v) is 4.05. The summed E-state index contributed by atoms with van der Waals surface area (Å²) >= 11 is 5.67. The summed E-state index contributed by atoms with van der Waals surface area (Å²) in [5.41, 5.74) is 0.585. The molecule has 0 bridgehead atoms. The fourth-order valence-electron chi connectivity index (χ4n) is 1.07. The molecule has 1 N–H and O–H groups in total. The zero-order chi connectivity index (χ0) is 9.26. The van der Waals surface area contributed by atoms with Gasteiger partial charge in [-0.3, -0.25) is 0 Å². The first kappa shape index (κ1) is 8.13. The second kappa shape index (κ2) is 3.11. The van der Waals surface area contributed by atoms with Gasteiger partial charge in [0.15, 0.2) is 5.76 Å². The lowest BCUT2D eigenvalue weighted by atomic mass is 10.1. The molecule has 0 aliphatic carbocycles. The summed E-state index contributed by atoms with van der Waals surface area (Å²) in [5.74, 6) is 0.610. The summed E-state index contributed by atoms with van der Waals surface area (Å²) in [5, 5.41) is 13.5. The van der Waals surface area contributed by atoms with Crippen molar-refractivity contribution in [2.75, 3.05) is 0 Å². The van der Waals surface area contributed by atoms with Crippen LogP contribution in [0.2, 0.25) is 5.02 Å². The van der Waals surface area contributed by atoms with Gasteiger partial charge in [0.25, 0.3) is 0 Å². The lowest BCUT2D eigenvalue weighted by molar-refractivity contribution is 0.426. The monoisotopic (exact) mass is 195 g/mol. The van der Waals surface area contributed by atoms with Crippen LogP contribution in [0.25, 0.3) is 11.3 Å². The van der Waals surface area contributed by atoms with Crippen molar-refractivity contribution in [2.45, 2.75) is 0 Å². The molecule has 2 aromatic rings. The molecule has 1 aromatic heterocycles. The van der Waals surface area contributed by atoms with Crippen LogP contribution in [-0.2, 0) is 0 Å². The van der Waals surface area contributed by atoms with Crippen LogP contribution in [0.4, 0.5) is 0 Å². The molecular formula is C9H6ClNO2. The van der Waals surface area contributed by atoms with E-state index in [9.17, 15) is 5.11 Å². The van der Waals surface area contributed by atoms with E-state index in [1.165, 1.54) is 12.3 Å². The molecule has 13 heavy (non-hydrogen) atoms. The van der Waals surface area contributed by atoms with Crippen molar-refractivity contribution in [1.29, 1.82) is 0 Å². The van der Waals surface area contributed by atoms with Gasteiger partial charge in [0, 0.05) is 11.1 Å². The number of aromatic nitrogens is 1. The van der Waals surface area contributed by atoms with E-state index in [0.29, 0.717) is 16.3 Å². The summed E-state index contributed by atoms with van der Waals surface area (Å²) in [7, 11) is 0. The topological polar surface area (TPSA) is 46.3 Å². The lowest BCUT2D eigenvalue weighted by Gasteiger charge is -1.99. The largest absolute Gasteiger partial charge is 0.507 e. The second-order valence-electron chi connectivity index (χ2n) is 2.54. The third-order valence-electron chi connectivity index (χ3n) is 1.66. The van der Waals surface area contributed by atoms with E-state index in [-0.39, 0.29) is 5.75 Å². The van der Waals surface area contributed by atoms with Crippen LogP contribution in [0, 0.1) is 0 Å². The van der Waals surface area contributed by atoms with E-state index in [1.807, 2.05) is 0 Å². The molecule has 0 aliphatic rings. The molecule has 2 rings (SSSR count). The summed E-state index contributed by atoms with van der Waals surface area (Å²) in [6.45, 7) is 0. The quantitative estimate of drug-likeness (QED) is 0.761. The number of phenolic OH excluding ortho intramolecular Hbond substituents is 1. The van der Waals surface area contributed by atoms with E-state index in [1.54, 1.807) is 18.2 Å². The van der Waals surface area contributed by atoms with Gasteiger partial charge in [-0.25, -0.2) is 0 Å². The lowest BCUT2D eigenvalue weighted by Crippen LogP contribution is -1.75. The number of rotatable bonds is 1. The van der Waals surface area contributed by atoms with E-state index < -0.39 is 0 Å². The van der Waals surface area contributed by atoms with Crippen molar-refractivity contribution in [2.24, 2.45) is 0 Å². The van der Waals surface area contributed by atoms with Gasteiger partial charge in [0.05, 0.1) is 11.8 Å². The van der Waals surface area contributed by atoms with Crippen molar-refractivity contribution in [3.63, 3.8) is 0 Å². The normalized spacial score (nSPS) is 10.2. The number of phenols is 1. The third-order valence-corrected chi connectivity index (χ3v) is 1.90. The summed E-state index contributed by atoms with van der Waals surface area (Å²) < 4.78 is 4.89. The molecule has 66 valence electrons. The molecule has 0 atom stereocenters. The Bertz CT molecular complexity index is 412. The predicted octanol–water partition coefficient (Wildman–Crippen LogP) is 2.70. The van der Waals surface area contributed by atoms with Gasteiger partial charge < -0.3 is 9.63 Å². The van der Waals surface area contributed by atoms with E-state index in [4.69, 9.17) is 16.1 Å².